The zero-order chi connectivity index (χ0) is 18.2. The minimum Gasteiger partial charge on any atom is -0.336 e. The third-order valence-electron chi connectivity index (χ3n) is 5.36. The number of benzene rings is 1. The number of hydrogen-bond acceptors (Lipinski definition) is 3. The van der Waals surface area contributed by atoms with Crippen LogP contribution in [0.4, 0.5) is 0 Å². The van der Waals surface area contributed by atoms with E-state index in [2.05, 4.69) is 13.8 Å². The number of carbonyl (C=O) groups is 1. The minimum absolute atomic E-state index is 0.0465. The Bertz CT molecular complexity index is 725. The van der Waals surface area contributed by atoms with Crippen LogP contribution in [0.15, 0.2) is 29.2 Å². The molecule has 0 aromatic heterocycles. The van der Waals surface area contributed by atoms with Crippen molar-refractivity contribution in [1.29, 1.82) is 0 Å². The maximum Gasteiger partial charge on any atom is 0.243 e. The Hall–Kier alpha value is -1.11. The number of likely N-dealkylation sites (tertiary alicyclic amines) is 1. The largest absolute Gasteiger partial charge is 0.336 e. The monoisotopic (exact) mass is 384 g/mol. The Labute approximate surface area is 155 Å². The summed E-state index contributed by atoms with van der Waals surface area (Å²) < 4.78 is 27.4. The van der Waals surface area contributed by atoms with Crippen LogP contribution in [-0.2, 0) is 14.8 Å². The molecule has 0 radical (unpaired) electrons. The van der Waals surface area contributed by atoms with Crippen LogP contribution in [0, 0.1) is 0 Å². The summed E-state index contributed by atoms with van der Waals surface area (Å²) in [6.45, 7) is 4.50. The quantitative estimate of drug-likeness (QED) is 0.803. The molecule has 0 unspecified atom stereocenters. The highest BCUT2D eigenvalue weighted by molar-refractivity contribution is 7.89. The second-order valence-electron chi connectivity index (χ2n) is 7.10. The van der Waals surface area contributed by atoms with Gasteiger partial charge in [-0.05, 0) is 70.2 Å². The summed E-state index contributed by atoms with van der Waals surface area (Å²) in [4.78, 5) is 15.3. The molecule has 2 fully saturated rings. The van der Waals surface area contributed by atoms with Gasteiger partial charge in [-0.1, -0.05) is 11.6 Å². The van der Waals surface area contributed by atoms with Gasteiger partial charge in [0.25, 0.3) is 0 Å². The molecule has 2 aliphatic rings. The molecule has 25 heavy (non-hydrogen) atoms. The molecule has 138 valence electrons. The second kappa shape index (κ2) is 7.25. The molecule has 0 spiro atoms. The highest BCUT2D eigenvalue weighted by atomic mass is 35.5. The van der Waals surface area contributed by atoms with Crippen LogP contribution in [0.25, 0.3) is 0 Å². The van der Waals surface area contributed by atoms with Crippen LogP contribution in [0.2, 0.25) is 5.02 Å². The topological polar surface area (TPSA) is 57.7 Å². The van der Waals surface area contributed by atoms with Gasteiger partial charge in [0.15, 0.2) is 0 Å². The maximum absolute atomic E-state index is 13.2. The lowest BCUT2D eigenvalue weighted by atomic mass is 9.96. The average Bonchev–Trinajstić information content (AvgIpc) is 3.05. The molecular weight excluding hydrogens is 360 g/mol. The second-order valence-corrected chi connectivity index (χ2v) is 9.43. The van der Waals surface area contributed by atoms with Crippen LogP contribution in [0.1, 0.15) is 46.0 Å². The van der Waals surface area contributed by atoms with Gasteiger partial charge in [0, 0.05) is 23.7 Å². The number of halogens is 1. The fourth-order valence-corrected chi connectivity index (χ4v) is 5.82. The lowest BCUT2D eigenvalue weighted by molar-refractivity contribution is -0.140. The van der Waals surface area contributed by atoms with Crippen molar-refractivity contribution < 1.29 is 13.2 Å². The Balaban J connectivity index is 1.87. The summed E-state index contributed by atoms with van der Waals surface area (Å²) in [6.07, 6.45) is 4.37. The molecule has 1 aromatic carbocycles. The summed E-state index contributed by atoms with van der Waals surface area (Å²) in [5, 5.41) is 0.490. The molecule has 0 bridgehead atoms. The molecule has 1 amide bonds. The van der Waals surface area contributed by atoms with E-state index >= 15 is 0 Å². The predicted molar refractivity (Wildman–Crippen MR) is 98.0 cm³/mol. The molecule has 1 aromatic rings. The highest BCUT2D eigenvalue weighted by Gasteiger charge is 2.43. The number of amides is 1. The van der Waals surface area contributed by atoms with Crippen molar-refractivity contribution in [1.82, 2.24) is 9.21 Å². The number of sulfonamides is 1. The first-order chi connectivity index (χ1) is 11.8. The molecule has 7 heteroatoms. The van der Waals surface area contributed by atoms with E-state index in [4.69, 9.17) is 11.6 Å². The summed E-state index contributed by atoms with van der Waals surface area (Å²) in [5.74, 6) is -0.0465. The fourth-order valence-electron chi connectivity index (χ4n) is 4.04. The van der Waals surface area contributed by atoms with Gasteiger partial charge in [0.05, 0.1) is 4.90 Å². The van der Waals surface area contributed by atoms with E-state index in [-0.39, 0.29) is 22.9 Å². The van der Waals surface area contributed by atoms with Gasteiger partial charge < -0.3 is 4.90 Å². The van der Waals surface area contributed by atoms with Crippen LogP contribution < -0.4 is 0 Å². The zero-order valence-corrected chi connectivity index (χ0v) is 16.3. The number of rotatable bonds is 3. The van der Waals surface area contributed by atoms with Gasteiger partial charge in [-0.3, -0.25) is 4.79 Å². The summed E-state index contributed by atoms with van der Waals surface area (Å²) in [5.41, 5.74) is 0. The first kappa shape index (κ1) is 18.7. The first-order valence-electron chi connectivity index (χ1n) is 8.92. The Morgan fingerprint density at radius 1 is 1.04 bits per heavy atom. The minimum atomic E-state index is -3.70. The predicted octanol–water partition coefficient (Wildman–Crippen LogP) is 3.28. The van der Waals surface area contributed by atoms with Crippen LogP contribution >= 0.6 is 11.6 Å². The van der Waals surface area contributed by atoms with E-state index in [1.165, 1.54) is 16.4 Å². The lowest BCUT2D eigenvalue weighted by Gasteiger charge is -2.41. The van der Waals surface area contributed by atoms with E-state index in [9.17, 15) is 13.2 Å². The fraction of sp³-hybridized carbons (Fsp3) is 0.611. The van der Waals surface area contributed by atoms with Crippen molar-refractivity contribution in [2.24, 2.45) is 0 Å². The highest BCUT2D eigenvalue weighted by Crippen LogP contribution is 2.31. The van der Waals surface area contributed by atoms with Crippen molar-refractivity contribution >= 4 is 27.5 Å². The van der Waals surface area contributed by atoms with E-state index in [0.717, 1.165) is 19.3 Å². The van der Waals surface area contributed by atoms with Crippen molar-refractivity contribution in [2.45, 2.75) is 69.0 Å². The molecule has 0 saturated carbocycles. The third-order valence-corrected chi connectivity index (χ3v) is 7.53. The van der Waals surface area contributed by atoms with Crippen LogP contribution in [0.3, 0.4) is 0 Å². The number of hydrogen-bond donors (Lipinski definition) is 0. The molecule has 3 rings (SSSR count). The van der Waals surface area contributed by atoms with Gasteiger partial charge in [-0.25, -0.2) is 8.42 Å². The van der Waals surface area contributed by atoms with Crippen molar-refractivity contribution in [3.05, 3.63) is 29.3 Å². The van der Waals surface area contributed by atoms with E-state index < -0.39 is 16.1 Å². The Morgan fingerprint density at radius 2 is 1.64 bits per heavy atom. The average molecular weight is 385 g/mol. The first-order valence-corrected chi connectivity index (χ1v) is 10.7. The van der Waals surface area contributed by atoms with Gasteiger partial charge >= 0.3 is 0 Å². The molecule has 2 heterocycles. The van der Waals surface area contributed by atoms with Gasteiger partial charge in [-0.15, -0.1) is 0 Å². The van der Waals surface area contributed by atoms with E-state index in [1.54, 1.807) is 12.1 Å². The number of nitrogens with zero attached hydrogens (tertiary/aromatic N) is 2. The standard InChI is InChI=1S/C18H25ClN2O3S/c1-13-5-3-6-14(2)21(13)18(22)17-7-4-12-20(17)25(23,24)16-10-8-15(19)9-11-16/h8-11,13-14,17H,3-7,12H2,1-2H3/t13-,14-,17-/m0/s1. The summed E-state index contributed by atoms with van der Waals surface area (Å²) in [6, 6.07) is 5.87. The molecular formula is C18H25ClN2O3S. The van der Waals surface area contributed by atoms with Gasteiger partial charge in [0.1, 0.15) is 6.04 Å². The van der Waals surface area contributed by atoms with Gasteiger partial charge in [0.2, 0.25) is 15.9 Å². The van der Waals surface area contributed by atoms with E-state index in [0.29, 0.717) is 24.4 Å². The van der Waals surface area contributed by atoms with Crippen LogP contribution in [-0.4, -0.2) is 48.2 Å². The molecule has 3 atom stereocenters. The third kappa shape index (κ3) is 3.57. The molecule has 2 aliphatic heterocycles. The van der Waals surface area contributed by atoms with Gasteiger partial charge in [-0.2, -0.15) is 4.31 Å². The molecule has 2 saturated heterocycles. The lowest BCUT2D eigenvalue weighted by Crippen LogP contribution is -2.54. The molecule has 0 aliphatic carbocycles. The Morgan fingerprint density at radius 3 is 2.24 bits per heavy atom. The van der Waals surface area contributed by atoms with Crippen molar-refractivity contribution in [3.63, 3.8) is 0 Å². The normalized spacial score (nSPS) is 28.3. The maximum atomic E-state index is 13.2. The SMILES string of the molecule is C[C@H]1CCC[C@H](C)N1C(=O)[C@@H]1CCCN1S(=O)(=O)c1ccc(Cl)cc1. The van der Waals surface area contributed by atoms with Crippen LogP contribution in [0.5, 0.6) is 0 Å². The van der Waals surface area contributed by atoms with Crippen molar-refractivity contribution in [3.8, 4) is 0 Å². The van der Waals surface area contributed by atoms with E-state index in [1.807, 2.05) is 4.90 Å². The molecule has 5 nitrogen and oxygen atoms in total. The summed E-state index contributed by atoms with van der Waals surface area (Å²) in [7, 11) is -3.70. The van der Waals surface area contributed by atoms with Crippen molar-refractivity contribution in [2.75, 3.05) is 6.54 Å². The number of carbonyl (C=O) groups excluding carboxylic acids is 1. The Kier molecular flexibility index (Phi) is 5.42. The zero-order valence-electron chi connectivity index (χ0n) is 14.7. The summed E-state index contributed by atoms with van der Waals surface area (Å²) >= 11 is 5.86. The molecule has 0 N–H and O–H groups in total. The smallest absolute Gasteiger partial charge is 0.243 e. The number of piperidine rings is 1.